The molecule has 1 rings (SSSR count). The highest BCUT2D eigenvalue weighted by Gasteiger charge is 2.25. The Balaban J connectivity index is 3.10. The van der Waals surface area contributed by atoms with Gasteiger partial charge in [-0.15, -0.1) is 0 Å². The molecular weight excluding hydrogens is 236 g/mol. The van der Waals surface area contributed by atoms with Gasteiger partial charge >= 0.3 is 0 Å². The van der Waals surface area contributed by atoms with Gasteiger partial charge in [-0.25, -0.2) is 8.42 Å². The second kappa shape index (κ2) is 4.76. The SMILES string of the molecule is CNC(c1ccc(S(C)(=O)=O)cc1)C(C)(C)N. The fraction of sp³-hybridized carbons (Fsp3) is 0.500. The molecule has 0 fully saturated rings. The van der Waals surface area contributed by atoms with Gasteiger partial charge in [-0.05, 0) is 38.6 Å². The van der Waals surface area contributed by atoms with E-state index >= 15 is 0 Å². The molecule has 17 heavy (non-hydrogen) atoms. The third-order valence-corrected chi connectivity index (χ3v) is 3.80. The summed E-state index contributed by atoms with van der Waals surface area (Å²) in [7, 11) is -1.30. The maximum atomic E-state index is 11.3. The van der Waals surface area contributed by atoms with Gasteiger partial charge in [-0.2, -0.15) is 0 Å². The van der Waals surface area contributed by atoms with E-state index in [4.69, 9.17) is 5.73 Å². The Hall–Kier alpha value is -0.910. The Bertz CT molecular complexity index is 472. The standard InChI is InChI=1S/C12H20N2O2S/c1-12(2,13)11(14-3)9-5-7-10(8-6-9)17(4,15)16/h5-8,11,14H,13H2,1-4H3. The monoisotopic (exact) mass is 256 g/mol. The molecule has 1 aromatic rings. The molecule has 0 aliphatic heterocycles. The molecule has 1 unspecified atom stereocenters. The summed E-state index contributed by atoms with van der Waals surface area (Å²) in [6, 6.07) is 6.80. The van der Waals surface area contributed by atoms with E-state index in [0.29, 0.717) is 4.90 Å². The highest BCUT2D eigenvalue weighted by molar-refractivity contribution is 7.90. The van der Waals surface area contributed by atoms with Crippen molar-refractivity contribution in [3.05, 3.63) is 29.8 Å². The lowest BCUT2D eigenvalue weighted by molar-refractivity contribution is 0.370. The van der Waals surface area contributed by atoms with Crippen LogP contribution < -0.4 is 11.1 Å². The Morgan fingerprint density at radius 3 is 2.00 bits per heavy atom. The molecule has 0 aromatic heterocycles. The first-order valence-electron chi connectivity index (χ1n) is 5.42. The van der Waals surface area contributed by atoms with E-state index in [0.717, 1.165) is 5.56 Å². The first kappa shape index (κ1) is 14.2. The summed E-state index contributed by atoms with van der Waals surface area (Å²) >= 11 is 0. The second-order valence-corrected chi connectivity index (χ2v) is 6.90. The van der Waals surface area contributed by atoms with Crippen LogP contribution in [0.3, 0.4) is 0 Å². The molecule has 5 heteroatoms. The quantitative estimate of drug-likeness (QED) is 0.846. The molecular formula is C12H20N2O2S. The molecule has 0 saturated heterocycles. The van der Waals surface area contributed by atoms with E-state index in [1.165, 1.54) is 6.26 Å². The Morgan fingerprint density at radius 2 is 1.71 bits per heavy atom. The minimum atomic E-state index is -3.14. The lowest BCUT2D eigenvalue weighted by Gasteiger charge is -2.30. The first-order valence-corrected chi connectivity index (χ1v) is 7.31. The fourth-order valence-electron chi connectivity index (χ4n) is 1.88. The Kier molecular flexibility index (Phi) is 3.96. The highest BCUT2D eigenvalue weighted by atomic mass is 32.2. The molecule has 0 radical (unpaired) electrons. The third kappa shape index (κ3) is 3.52. The van der Waals surface area contributed by atoms with Crippen LogP contribution in [0.2, 0.25) is 0 Å². The molecule has 0 bridgehead atoms. The average molecular weight is 256 g/mol. The van der Waals surface area contributed by atoms with Crippen LogP contribution in [-0.2, 0) is 9.84 Å². The van der Waals surface area contributed by atoms with Crippen LogP contribution in [-0.4, -0.2) is 27.3 Å². The van der Waals surface area contributed by atoms with Crippen LogP contribution in [0.25, 0.3) is 0 Å². The van der Waals surface area contributed by atoms with Gasteiger partial charge in [0.2, 0.25) is 0 Å². The van der Waals surface area contributed by atoms with Crippen molar-refractivity contribution in [3.8, 4) is 0 Å². The van der Waals surface area contributed by atoms with Crippen molar-refractivity contribution in [1.29, 1.82) is 0 Å². The number of benzene rings is 1. The van der Waals surface area contributed by atoms with E-state index < -0.39 is 15.4 Å². The van der Waals surface area contributed by atoms with Gasteiger partial charge in [0.15, 0.2) is 9.84 Å². The zero-order chi connectivity index (χ0) is 13.3. The van der Waals surface area contributed by atoms with Crippen molar-refractivity contribution in [3.63, 3.8) is 0 Å². The molecule has 1 aromatic carbocycles. The lowest BCUT2D eigenvalue weighted by atomic mass is 9.90. The molecule has 0 aliphatic carbocycles. The zero-order valence-corrected chi connectivity index (χ0v) is 11.5. The predicted octanol–water partition coefficient (Wildman–Crippen LogP) is 1.09. The van der Waals surface area contributed by atoms with E-state index in [9.17, 15) is 8.42 Å². The molecule has 3 N–H and O–H groups in total. The van der Waals surface area contributed by atoms with Gasteiger partial charge in [0.1, 0.15) is 0 Å². The summed E-state index contributed by atoms with van der Waals surface area (Å²) in [5.74, 6) is 0. The van der Waals surface area contributed by atoms with Crippen molar-refractivity contribution in [2.75, 3.05) is 13.3 Å². The van der Waals surface area contributed by atoms with E-state index in [2.05, 4.69) is 5.32 Å². The van der Waals surface area contributed by atoms with Crippen molar-refractivity contribution in [1.82, 2.24) is 5.32 Å². The van der Waals surface area contributed by atoms with E-state index in [-0.39, 0.29) is 6.04 Å². The van der Waals surface area contributed by atoms with Gasteiger partial charge in [-0.1, -0.05) is 12.1 Å². The molecule has 0 heterocycles. The minimum Gasteiger partial charge on any atom is -0.324 e. The number of hydrogen-bond donors (Lipinski definition) is 2. The summed E-state index contributed by atoms with van der Waals surface area (Å²) in [5.41, 5.74) is 6.63. The average Bonchev–Trinajstić information content (AvgIpc) is 2.16. The van der Waals surface area contributed by atoms with Gasteiger partial charge in [0, 0.05) is 17.8 Å². The number of nitrogens with two attached hydrogens (primary N) is 1. The summed E-state index contributed by atoms with van der Waals surface area (Å²) in [6.45, 7) is 3.86. The number of likely N-dealkylation sites (N-methyl/N-ethyl adjacent to an activating group) is 1. The molecule has 4 nitrogen and oxygen atoms in total. The van der Waals surface area contributed by atoms with Crippen molar-refractivity contribution in [2.45, 2.75) is 30.3 Å². The largest absolute Gasteiger partial charge is 0.324 e. The molecule has 0 amide bonds. The molecule has 96 valence electrons. The van der Waals surface area contributed by atoms with Crippen LogP contribution in [0.15, 0.2) is 29.2 Å². The van der Waals surface area contributed by atoms with Gasteiger partial charge in [0.05, 0.1) is 4.90 Å². The fourth-order valence-corrected chi connectivity index (χ4v) is 2.51. The highest BCUT2D eigenvalue weighted by Crippen LogP contribution is 2.24. The smallest absolute Gasteiger partial charge is 0.175 e. The summed E-state index contributed by atoms with van der Waals surface area (Å²) in [5, 5.41) is 3.14. The number of sulfone groups is 1. The maximum Gasteiger partial charge on any atom is 0.175 e. The summed E-state index contributed by atoms with van der Waals surface area (Å²) < 4.78 is 22.7. The van der Waals surface area contributed by atoms with Gasteiger partial charge in [0.25, 0.3) is 0 Å². The molecule has 0 spiro atoms. The van der Waals surface area contributed by atoms with Crippen molar-refractivity contribution >= 4 is 9.84 Å². The van der Waals surface area contributed by atoms with Crippen LogP contribution in [0.5, 0.6) is 0 Å². The minimum absolute atomic E-state index is 0.0175. The lowest BCUT2D eigenvalue weighted by Crippen LogP contribution is -2.45. The molecule has 0 saturated carbocycles. The summed E-state index contributed by atoms with van der Waals surface area (Å²) in [4.78, 5) is 0.325. The van der Waals surface area contributed by atoms with Crippen LogP contribution in [0, 0.1) is 0 Å². The molecule has 1 atom stereocenters. The number of rotatable bonds is 4. The van der Waals surface area contributed by atoms with Crippen molar-refractivity contribution < 1.29 is 8.42 Å². The van der Waals surface area contributed by atoms with Crippen LogP contribution in [0.1, 0.15) is 25.5 Å². The zero-order valence-electron chi connectivity index (χ0n) is 10.7. The topological polar surface area (TPSA) is 72.2 Å². The third-order valence-electron chi connectivity index (χ3n) is 2.67. The Morgan fingerprint density at radius 1 is 1.24 bits per heavy atom. The van der Waals surface area contributed by atoms with Gasteiger partial charge in [-0.3, -0.25) is 0 Å². The first-order chi connectivity index (χ1) is 7.66. The normalized spacial score (nSPS) is 14.6. The predicted molar refractivity (Wildman–Crippen MR) is 69.6 cm³/mol. The summed E-state index contributed by atoms with van der Waals surface area (Å²) in [6.07, 6.45) is 1.20. The number of nitrogens with one attached hydrogen (secondary N) is 1. The molecule has 0 aliphatic rings. The Labute approximate surface area is 103 Å². The number of hydrogen-bond acceptors (Lipinski definition) is 4. The second-order valence-electron chi connectivity index (χ2n) is 4.88. The van der Waals surface area contributed by atoms with E-state index in [1.807, 2.05) is 20.9 Å². The maximum absolute atomic E-state index is 11.3. The van der Waals surface area contributed by atoms with Crippen molar-refractivity contribution in [2.24, 2.45) is 5.73 Å². The van der Waals surface area contributed by atoms with Crippen LogP contribution >= 0.6 is 0 Å². The van der Waals surface area contributed by atoms with Crippen LogP contribution in [0.4, 0.5) is 0 Å². The van der Waals surface area contributed by atoms with E-state index in [1.54, 1.807) is 24.3 Å². The van der Waals surface area contributed by atoms with Gasteiger partial charge < -0.3 is 11.1 Å².